The van der Waals surface area contributed by atoms with E-state index < -0.39 is 6.10 Å². The van der Waals surface area contributed by atoms with Gasteiger partial charge in [0.2, 0.25) is 0 Å². The zero-order valence-electron chi connectivity index (χ0n) is 17.1. The Balaban J connectivity index is 1.42. The van der Waals surface area contributed by atoms with E-state index in [2.05, 4.69) is 14.9 Å². The SMILES string of the molecule is C[C@H](O)[C@@H](CC(=O)Cc1cc2c(cn1)C(N1CCOCC1)=NC2)c1ccc(F)cc1. The van der Waals surface area contributed by atoms with Crippen LogP contribution in [-0.4, -0.2) is 59.0 Å². The first kappa shape index (κ1) is 20.6. The van der Waals surface area contributed by atoms with E-state index in [-0.39, 0.29) is 30.4 Å². The molecule has 0 spiro atoms. The van der Waals surface area contributed by atoms with Crippen LogP contribution in [0.2, 0.25) is 0 Å². The highest BCUT2D eigenvalue weighted by Gasteiger charge is 2.25. The molecular formula is C23H26FN3O3. The molecule has 0 unspecified atom stereocenters. The van der Waals surface area contributed by atoms with E-state index in [1.54, 1.807) is 19.1 Å². The van der Waals surface area contributed by atoms with Crippen molar-refractivity contribution in [1.29, 1.82) is 0 Å². The molecule has 3 heterocycles. The van der Waals surface area contributed by atoms with Crippen LogP contribution in [0.3, 0.4) is 0 Å². The molecule has 0 bridgehead atoms. The highest BCUT2D eigenvalue weighted by molar-refractivity contribution is 6.01. The fourth-order valence-electron chi connectivity index (χ4n) is 4.06. The highest BCUT2D eigenvalue weighted by atomic mass is 19.1. The maximum atomic E-state index is 13.2. The fraction of sp³-hybridized carbons (Fsp3) is 0.435. The van der Waals surface area contributed by atoms with Crippen LogP contribution in [0.15, 0.2) is 41.5 Å². The Labute approximate surface area is 175 Å². The van der Waals surface area contributed by atoms with Crippen molar-refractivity contribution in [2.75, 3.05) is 26.3 Å². The van der Waals surface area contributed by atoms with E-state index in [0.29, 0.717) is 25.5 Å². The Morgan fingerprint density at radius 2 is 2.00 bits per heavy atom. The second-order valence-electron chi connectivity index (χ2n) is 7.89. The van der Waals surface area contributed by atoms with Crippen LogP contribution in [0.5, 0.6) is 0 Å². The molecule has 6 nitrogen and oxygen atoms in total. The lowest BCUT2D eigenvalue weighted by Gasteiger charge is -2.28. The van der Waals surface area contributed by atoms with E-state index >= 15 is 0 Å². The van der Waals surface area contributed by atoms with Gasteiger partial charge in [-0.1, -0.05) is 12.1 Å². The topological polar surface area (TPSA) is 75.0 Å². The van der Waals surface area contributed by atoms with E-state index in [4.69, 9.17) is 4.74 Å². The number of ether oxygens (including phenoxy) is 1. The first-order valence-electron chi connectivity index (χ1n) is 10.3. The second kappa shape index (κ2) is 9.02. The van der Waals surface area contributed by atoms with Crippen molar-refractivity contribution in [3.05, 3.63) is 64.7 Å². The predicted molar refractivity (Wildman–Crippen MR) is 111 cm³/mol. The van der Waals surface area contributed by atoms with E-state index in [0.717, 1.165) is 35.6 Å². The van der Waals surface area contributed by atoms with E-state index in [9.17, 15) is 14.3 Å². The number of rotatable bonds is 6. The minimum absolute atomic E-state index is 0.00927. The van der Waals surface area contributed by atoms with Crippen LogP contribution in [0, 0.1) is 5.82 Å². The van der Waals surface area contributed by atoms with Gasteiger partial charge in [0.1, 0.15) is 17.4 Å². The molecule has 0 saturated carbocycles. The van der Waals surface area contributed by atoms with Gasteiger partial charge in [-0.05, 0) is 36.2 Å². The Morgan fingerprint density at radius 1 is 1.27 bits per heavy atom. The number of aliphatic hydroxyl groups is 1. The summed E-state index contributed by atoms with van der Waals surface area (Å²) >= 11 is 0. The normalized spacial score (nSPS) is 18.0. The summed E-state index contributed by atoms with van der Waals surface area (Å²) in [4.78, 5) is 24.1. The number of amidine groups is 1. The summed E-state index contributed by atoms with van der Waals surface area (Å²) in [6.45, 7) is 5.29. The zero-order chi connectivity index (χ0) is 21.1. The standard InChI is InChI=1S/C23H26FN3O3/c1-15(28)21(16-2-4-18(24)5-3-16)12-20(29)11-19-10-17-13-26-23(22(17)14-25-19)27-6-8-30-9-7-27/h2-5,10,14-15,21,28H,6-9,11-13H2,1H3/t15-,21+/m0/s1. The highest BCUT2D eigenvalue weighted by Crippen LogP contribution is 2.26. The summed E-state index contributed by atoms with van der Waals surface area (Å²) in [6.07, 6.45) is 1.48. The molecule has 1 N–H and O–H groups in total. The smallest absolute Gasteiger partial charge is 0.139 e. The third-order valence-electron chi connectivity index (χ3n) is 5.70. The minimum atomic E-state index is -0.711. The zero-order valence-corrected chi connectivity index (χ0v) is 17.1. The van der Waals surface area contributed by atoms with Gasteiger partial charge in [-0.15, -0.1) is 0 Å². The molecular weight excluding hydrogens is 385 g/mol. The van der Waals surface area contributed by atoms with Crippen LogP contribution >= 0.6 is 0 Å². The van der Waals surface area contributed by atoms with E-state index in [1.165, 1.54) is 12.1 Å². The van der Waals surface area contributed by atoms with Crippen molar-refractivity contribution < 1.29 is 19.0 Å². The third kappa shape index (κ3) is 4.57. The summed E-state index contributed by atoms with van der Waals surface area (Å²) in [5.41, 5.74) is 3.58. The number of ketones is 1. The first-order chi connectivity index (χ1) is 14.5. The van der Waals surface area contributed by atoms with Gasteiger partial charge in [-0.25, -0.2) is 4.39 Å². The summed E-state index contributed by atoms with van der Waals surface area (Å²) in [5, 5.41) is 10.1. The van der Waals surface area contributed by atoms with Crippen molar-refractivity contribution in [1.82, 2.24) is 9.88 Å². The number of hydrogen-bond acceptors (Lipinski definition) is 6. The van der Waals surface area contributed by atoms with Crippen molar-refractivity contribution in [3.8, 4) is 0 Å². The van der Waals surface area contributed by atoms with Crippen molar-refractivity contribution in [2.24, 2.45) is 4.99 Å². The van der Waals surface area contributed by atoms with Gasteiger partial charge >= 0.3 is 0 Å². The van der Waals surface area contributed by atoms with Gasteiger partial charge in [0.15, 0.2) is 0 Å². The average molecular weight is 411 g/mol. The number of nitrogens with zero attached hydrogens (tertiary/aromatic N) is 3. The van der Waals surface area contributed by atoms with Gasteiger partial charge in [0.05, 0.1) is 25.9 Å². The lowest BCUT2D eigenvalue weighted by Crippen LogP contribution is -2.40. The lowest BCUT2D eigenvalue weighted by molar-refractivity contribution is -0.119. The van der Waals surface area contributed by atoms with Gasteiger partial charge in [0.25, 0.3) is 0 Å². The number of morpholine rings is 1. The molecule has 1 aromatic carbocycles. The van der Waals surface area contributed by atoms with Crippen LogP contribution < -0.4 is 0 Å². The summed E-state index contributed by atoms with van der Waals surface area (Å²) in [7, 11) is 0. The Hall–Kier alpha value is -2.64. The lowest BCUT2D eigenvalue weighted by atomic mass is 9.88. The monoisotopic (exact) mass is 411 g/mol. The Bertz CT molecular complexity index is 937. The molecule has 2 atom stereocenters. The third-order valence-corrected chi connectivity index (χ3v) is 5.70. The number of aliphatic hydroxyl groups excluding tert-OH is 1. The van der Waals surface area contributed by atoms with E-state index in [1.807, 2.05) is 12.3 Å². The maximum absolute atomic E-state index is 13.2. The molecule has 2 aliphatic heterocycles. The molecule has 0 amide bonds. The number of aromatic nitrogens is 1. The van der Waals surface area contributed by atoms with Crippen molar-refractivity contribution >= 4 is 11.6 Å². The molecule has 0 aliphatic carbocycles. The van der Waals surface area contributed by atoms with Gasteiger partial charge < -0.3 is 14.7 Å². The Morgan fingerprint density at radius 3 is 2.70 bits per heavy atom. The van der Waals surface area contributed by atoms with Gasteiger partial charge in [0, 0.05) is 49.3 Å². The van der Waals surface area contributed by atoms with Crippen molar-refractivity contribution in [3.63, 3.8) is 0 Å². The number of aliphatic imine (C=N–C) groups is 1. The summed E-state index contributed by atoms with van der Waals surface area (Å²) in [5.74, 6) is 0.244. The number of carbonyl (C=O) groups excluding carboxylic acids is 1. The van der Waals surface area contributed by atoms with Crippen LogP contribution in [-0.2, 0) is 22.5 Å². The number of hydrogen-bond donors (Lipinski definition) is 1. The second-order valence-corrected chi connectivity index (χ2v) is 7.89. The fourth-order valence-corrected chi connectivity index (χ4v) is 4.06. The Kier molecular flexibility index (Phi) is 6.20. The number of benzene rings is 1. The molecule has 158 valence electrons. The molecule has 2 aliphatic rings. The summed E-state index contributed by atoms with van der Waals surface area (Å²) < 4.78 is 18.6. The van der Waals surface area contributed by atoms with Crippen LogP contribution in [0.25, 0.3) is 0 Å². The largest absolute Gasteiger partial charge is 0.393 e. The maximum Gasteiger partial charge on any atom is 0.139 e. The number of Topliss-reactive ketones (excluding diaryl/α,β-unsaturated/α-hetero) is 1. The first-order valence-corrected chi connectivity index (χ1v) is 10.3. The predicted octanol–water partition coefficient (Wildman–Crippen LogP) is 2.48. The molecule has 0 radical (unpaired) electrons. The molecule has 7 heteroatoms. The van der Waals surface area contributed by atoms with Gasteiger partial charge in [-0.2, -0.15) is 0 Å². The minimum Gasteiger partial charge on any atom is -0.393 e. The molecule has 4 rings (SSSR count). The quantitative estimate of drug-likeness (QED) is 0.791. The molecule has 1 saturated heterocycles. The molecule has 1 aromatic heterocycles. The summed E-state index contributed by atoms with van der Waals surface area (Å²) in [6, 6.07) is 7.91. The molecule has 2 aromatic rings. The number of fused-ring (bicyclic) bond motifs is 1. The van der Waals surface area contributed by atoms with Crippen LogP contribution in [0.1, 0.15) is 41.6 Å². The van der Waals surface area contributed by atoms with Crippen LogP contribution in [0.4, 0.5) is 4.39 Å². The number of carbonyl (C=O) groups is 1. The van der Waals surface area contributed by atoms with Gasteiger partial charge in [-0.3, -0.25) is 14.8 Å². The number of halogens is 1. The molecule has 30 heavy (non-hydrogen) atoms. The average Bonchev–Trinajstić information content (AvgIpc) is 3.16. The van der Waals surface area contributed by atoms with Crippen molar-refractivity contribution in [2.45, 2.75) is 38.3 Å². The molecule has 1 fully saturated rings. The number of pyridine rings is 1.